The average Bonchev–Trinajstić information content (AvgIpc) is 2.90. The van der Waals surface area contributed by atoms with Gasteiger partial charge in [-0.25, -0.2) is 4.68 Å². The molecule has 0 aliphatic heterocycles. The van der Waals surface area contributed by atoms with E-state index in [1.807, 2.05) is 68.4 Å². The maximum absolute atomic E-state index is 12.7. The molecule has 1 unspecified atom stereocenters. The number of hydrogen-bond donors (Lipinski definition) is 1. The molecule has 3 rings (SSSR count). The van der Waals surface area contributed by atoms with Gasteiger partial charge in [-0.3, -0.25) is 4.79 Å². The van der Waals surface area contributed by atoms with E-state index < -0.39 is 0 Å². The first kappa shape index (κ1) is 17.2. The van der Waals surface area contributed by atoms with Gasteiger partial charge in [0.2, 0.25) is 0 Å². The van der Waals surface area contributed by atoms with Crippen LogP contribution in [0, 0.1) is 13.8 Å². The van der Waals surface area contributed by atoms with Crippen molar-refractivity contribution in [1.82, 2.24) is 15.1 Å². The lowest BCUT2D eigenvalue weighted by molar-refractivity contribution is 0.0939. The highest BCUT2D eigenvalue weighted by molar-refractivity contribution is 6.33. The van der Waals surface area contributed by atoms with Gasteiger partial charge in [-0.1, -0.05) is 59.6 Å². The van der Waals surface area contributed by atoms with Gasteiger partial charge in [-0.2, -0.15) is 5.10 Å². The van der Waals surface area contributed by atoms with E-state index in [9.17, 15) is 4.79 Å². The average molecular weight is 354 g/mol. The van der Waals surface area contributed by atoms with E-state index in [0.717, 1.165) is 11.3 Å². The minimum atomic E-state index is -0.224. The second kappa shape index (κ2) is 7.11. The Balaban J connectivity index is 1.85. The highest BCUT2D eigenvalue weighted by Gasteiger charge is 2.22. The summed E-state index contributed by atoms with van der Waals surface area (Å²) >= 11 is 6.45. The smallest absolute Gasteiger partial charge is 0.256 e. The predicted octanol–water partition coefficient (Wildman–Crippen LogP) is 4.63. The molecule has 1 amide bonds. The molecule has 0 aliphatic carbocycles. The lowest BCUT2D eigenvalue weighted by Crippen LogP contribution is -2.27. The molecule has 25 heavy (non-hydrogen) atoms. The zero-order valence-corrected chi connectivity index (χ0v) is 15.2. The van der Waals surface area contributed by atoms with Gasteiger partial charge in [0.15, 0.2) is 0 Å². The predicted molar refractivity (Wildman–Crippen MR) is 100 cm³/mol. The molecular formula is C20H20ClN3O. The number of carbonyl (C=O) groups excluding carboxylic acids is 1. The molecule has 5 heteroatoms. The fraction of sp³-hybridized carbons (Fsp3) is 0.200. The summed E-state index contributed by atoms with van der Waals surface area (Å²) in [6.07, 6.45) is 0. The Morgan fingerprint density at radius 2 is 1.72 bits per heavy atom. The molecule has 1 atom stereocenters. The number of carbonyl (C=O) groups is 1. The summed E-state index contributed by atoms with van der Waals surface area (Å²) in [4.78, 5) is 12.7. The Morgan fingerprint density at radius 1 is 1.08 bits per heavy atom. The molecule has 1 aromatic heterocycles. The largest absolute Gasteiger partial charge is 0.345 e. The number of nitrogens with one attached hydrogen (secondary N) is 1. The van der Waals surface area contributed by atoms with Gasteiger partial charge in [0.25, 0.3) is 5.91 Å². The zero-order valence-electron chi connectivity index (χ0n) is 14.5. The third-order valence-corrected chi connectivity index (χ3v) is 4.51. The molecule has 0 radical (unpaired) electrons. The number of benzene rings is 2. The fourth-order valence-electron chi connectivity index (χ4n) is 2.70. The molecule has 2 aromatic carbocycles. The quantitative estimate of drug-likeness (QED) is 0.743. The van der Waals surface area contributed by atoms with Crippen LogP contribution >= 0.6 is 11.6 Å². The third-order valence-electron chi connectivity index (χ3n) is 4.16. The zero-order chi connectivity index (χ0) is 18.0. The highest BCUT2D eigenvalue weighted by Crippen LogP contribution is 2.24. The molecule has 1 N–H and O–H groups in total. The number of aromatic nitrogens is 2. The van der Waals surface area contributed by atoms with E-state index in [2.05, 4.69) is 10.4 Å². The van der Waals surface area contributed by atoms with E-state index in [1.54, 1.807) is 11.6 Å². The van der Waals surface area contributed by atoms with Gasteiger partial charge in [-0.15, -0.1) is 0 Å². The second-order valence-corrected chi connectivity index (χ2v) is 6.46. The van der Waals surface area contributed by atoms with E-state index >= 15 is 0 Å². The summed E-state index contributed by atoms with van der Waals surface area (Å²) in [6, 6.07) is 17.5. The van der Waals surface area contributed by atoms with Crippen molar-refractivity contribution in [3.05, 3.63) is 82.1 Å². The Kier molecular flexibility index (Phi) is 4.91. The normalized spacial score (nSPS) is 12.0. The number of hydrogen-bond acceptors (Lipinski definition) is 2. The monoisotopic (exact) mass is 353 g/mol. The SMILES string of the molecule is Cc1ccc(C(C)NC(=O)c2c(C)nn(-c3ccccc3)c2Cl)cc1. The van der Waals surface area contributed by atoms with Gasteiger partial charge in [0.05, 0.1) is 23.0 Å². The molecule has 0 saturated carbocycles. The lowest BCUT2D eigenvalue weighted by Gasteiger charge is -2.14. The second-order valence-electron chi connectivity index (χ2n) is 6.10. The van der Waals surface area contributed by atoms with Crippen molar-refractivity contribution in [2.45, 2.75) is 26.8 Å². The highest BCUT2D eigenvalue weighted by atomic mass is 35.5. The Hall–Kier alpha value is -2.59. The van der Waals surface area contributed by atoms with Crippen LogP contribution in [0.5, 0.6) is 0 Å². The standard InChI is InChI=1S/C20H20ClN3O/c1-13-9-11-16(12-10-13)14(2)22-20(25)18-15(3)23-24(19(18)21)17-7-5-4-6-8-17/h4-12,14H,1-3H3,(H,22,25). The molecule has 0 spiro atoms. The van der Waals surface area contributed by atoms with Crippen molar-refractivity contribution < 1.29 is 4.79 Å². The van der Waals surface area contributed by atoms with Crippen LogP contribution in [0.2, 0.25) is 5.15 Å². The van der Waals surface area contributed by atoms with Crippen LogP contribution in [-0.4, -0.2) is 15.7 Å². The van der Waals surface area contributed by atoms with Gasteiger partial charge in [-0.05, 0) is 38.5 Å². The Labute approximate surface area is 152 Å². The Bertz CT molecular complexity index is 885. The van der Waals surface area contributed by atoms with Crippen molar-refractivity contribution >= 4 is 17.5 Å². The topological polar surface area (TPSA) is 46.9 Å². The molecule has 0 saturated heterocycles. The molecule has 0 fully saturated rings. The summed E-state index contributed by atoms with van der Waals surface area (Å²) in [6.45, 7) is 5.78. The van der Waals surface area contributed by atoms with Crippen LogP contribution in [0.4, 0.5) is 0 Å². The van der Waals surface area contributed by atoms with E-state index in [1.165, 1.54) is 5.56 Å². The van der Waals surface area contributed by atoms with E-state index in [0.29, 0.717) is 16.4 Å². The maximum Gasteiger partial charge on any atom is 0.256 e. The van der Waals surface area contributed by atoms with Crippen LogP contribution in [0.15, 0.2) is 54.6 Å². The number of nitrogens with zero attached hydrogens (tertiary/aromatic N) is 2. The number of halogens is 1. The number of para-hydroxylation sites is 1. The van der Waals surface area contributed by atoms with Crippen LogP contribution in [0.1, 0.15) is 40.1 Å². The number of rotatable bonds is 4. The van der Waals surface area contributed by atoms with Crippen LogP contribution in [0.25, 0.3) is 5.69 Å². The first-order valence-electron chi connectivity index (χ1n) is 8.15. The third kappa shape index (κ3) is 3.59. The minimum absolute atomic E-state index is 0.122. The van der Waals surface area contributed by atoms with Gasteiger partial charge >= 0.3 is 0 Å². The van der Waals surface area contributed by atoms with Crippen molar-refractivity contribution in [2.24, 2.45) is 0 Å². The summed E-state index contributed by atoms with van der Waals surface area (Å²) in [5.41, 5.74) is 4.06. The van der Waals surface area contributed by atoms with Gasteiger partial charge in [0, 0.05) is 0 Å². The summed E-state index contributed by atoms with van der Waals surface area (Å²) in [7, 11) is 0. The van der Waals surface area contributed by atoms with Crippen molar-refractivity contribution in [1.29, 1.82) is 0 Å². The molecule has 0 bridgehead atoms. The van der Waals surface area contributed by atoms with E-state index in [4.69, 9.17) is 11.6 Å². The minimum Gasteiger partial charge on any atom is -0.345 e. The van der Waals surface area contributed by atoms with Crippen molar-refractivity contribution in [3.63, 3.8) is 0 Å². The lowest BCUT2D eigenvalue weighted by atomic mass is 10.1. The van der Waals surface area contributed by atoms with Crippen LogP contribution < -0.4 is 5.32 Å². The summed E-state index contributed by atoms with van der Waals surface area (Å²) in [5.74, 6) is -0.224. The molecular weight excluding hydrogens is 334 g/mol. The van der Waals surface area contributed by atoms with Crippen molar-refractivity contribution in [2.75, 3.05) is 0 Å². The first-order valence-corrected chi connectivity index (χ1v) is 8.53. The molecule has 0 aliphatic rings. The van der Waals surface area contributed by atoms with Crippen LogP contribution in [0.3, 0.4) is 0 Å². The Morgan fingerprint density at radius 3 is 2.36 bits per heavy atom. The molecule has 128 valence electrons. The van der Waals surface area contributed by atoms with E-state index in [-0.39, 0.29) is 11.9 Å². The molecule has 4 nitrogen and oxygen atoms in total. The van der Waals surface area contributed by atoms with Gasteiger partial charge < -0.3 is 5.32 Å². The fourth-order valence-corrected chi connectivity index (χ4v) is 3.06. The van der Waals surface area contributed by atoms with Crippen LogP contribution in [-0.2, 0) is 0 Å². The summed E-state index contributed by atoms with van der Waals surface area (Å²) in [5, 5.41) is 7.74. The number of aryl methyl sites for hydroxylation is 2. The molecule has 3 aromatic rings. The molecule has 1 heterocycles. The first-order chi connectivity index (χ1) is 12.0. The maximum atomic E-state index is 12.7. The summed E-state index contributed by atoms with van der Waals surface area (Å²) < 4.78 is 1.59. The van der Waals surface area contributed by atoms with Crippen molar-refractivity contribution in [3.8, 4) is 5.69 Å². The number of amides is 1. The van der Waals surface area contributed by atoms with Gasteiger partial charge in [0.1, 0.15) is 5.15 Å².